The second kappa shape index (κ2) is 9.89. The molecule has 0 fully saturated rings. The number of hydrogen-bond acceptors (Lipinski definition) is 6. The third-order valence-electron chi connectivity index (χ3n) is 3.53. The lowest BCUT2D eigenvalue weighted by molar-refractivity contribution is -0.164. The van der Waals surface area contributed by atoms with Crippen LogP contribution < -0.4 is 10.1 Å². The lowest BCUT2D eigenvalue weighted by atomic mass is 10.1. The smallest absolute Gasteiger partial charge is 0.431 e. The average molecular weight is 457 g/mol. The number of carbonyl (C=O) groups excluding carboxylic acids is 2. The molecule has 0 aliphatic heterocycles. The highest BCUT2D eigenvalue weighted by molar-refractivity contribution is 7.87. The number of benzene rings is 1. The van der Waals surface area contributed by atoms with E-state index in [4.69, 9.17) is 14.0 Å². The van der Waals surface area contributed by atoms with Gasteiger partial charge in [-0.2, -0.15) is 26.0 Å². The summed E-state index contributed by atoms with van der Waals surface area (Å²) in [6.07, 6.45) is -3.37. The number of alkyl halides is 4. The first-order valence-corrected chi connectivity index (χ1v) is 9.75. The van der Waals surface area contributed by atoms with E-state index in [1.54, 1.807) is 0 Å². The maximum Gasteiger partial charge on any atom is 0.431 e. The van der Waals surface area contributed by atoms with Crippen molar-refractivity contribution >= 4 is 27.9 Å². The molecule has 0 aliphatic carbocycles. The Morgan fingerprint density at radius 2 is 1.70 bits per heavy atom. The van der Waals surface area contributed by atoms with Gasteiger partial charge < -0.3 is 9.47 Å². The van der Waals surface area contributed by atoms with Crippen LogP contribution in [0, 0.1) is 0 Å². The highest BCUT2D eigenvalue weighted by Gasteiger charge is 2.64. The Kier molecular flexibility index (Phi) is 8.36. The summed E-state index contributed by atoms with van der Waals surface area (Å²) in [6.45, 7) is 4.48. The van der Waals surface area contributed by atoms with Crippen molar-refractivity contribution in [1.82, 2.24) is 0 Å². The topological polar surface area (TPSA) is 119 Å². The molecule has 0 atom stereocenters. The summed E-state index contributed by atoms with van der Waals surface area (Å²) in [6, 6.07) is 5.54. The van der Waals surface area contributed by atoms with Crippen molar-refractivity contribution in [2.75, 3.05) is 11.9 Å². The first-order chi connectivity index (χ1) is 13.7. The fraction of sp³-hybridized carbons (Fsp3) is 0.412. The Bertz CT molecular complexity index is 886. The first kappa shape index (κ1) is 25.4. The quantitative estimate of drug-likeness (QED) is 0.136. The van der Waals surface area contributed by atoms with Gasteiger partial charge in [-0.1, -0.05) is 6.58 Å². The lowest BCUT2D eigenvalue weighted by Gasteiger charge is -2.23. The molecule has 0 saturated heterocycles. The molecule has 0 radical (unpaired) electrons. The molecule has 0 saturated carbocycles. The SMILES string of the molecule is C=C(C)C(=O)Oc1ccc(NC(=O)OCCCCC(F)(F)C(F)(F)S(=O)(=O)O)cc1. The van der Waals surface area contributed by atoms with Gasteiger partial charge in [0.15, 0.2) is 0 Å². The van der Waals surface area contributed by atoms with Crippen molar-refractivity contribution in [3.05, 3.63) is 36.4 Å². The highest BCUT2D eigenvalue weighted by Crippen LogP contribution is 2.41. The van der Waals surface area contributed by atoms with E-state index in [-0.39, 0.29) is 23.4 Å². The number of anilines is 1. The molecule has 0 aliphatic rings. The molecule has 0 heterocycles. The number of amides is 1. The fourth-order valence-electron chi connectivity index (χ4n) is 1.90. The summed E-state index contributed by atoms with van der Waals surface area (Å²) in [5.74, 6) is -5.42. The van der Waals surface area contributed by atoms with Gasteiger partial charge in [-0.05, 0) is 44.0 Å². The number of hydrogen-bond donors (Lipinski definition) is 2. The molecule has 30 heavy (non-hydrogen) atoms. The molecule has 2 N–H and O–H groups in total. The number of carbonyl (C=O) groups is 2. The zero-order valence-corrected chi connectivity index (χ0v) is 16.5. The molecule has 0 spiro atoms. The molecule has 168 valence electrons. The minimum atomic E-state index is -6.28. The van der Waals surface area contributed by atoms with Crippen molar-refractivity contribution in [3.63, 3.8) is 0 Å². The summed E-state index contributed by atoms with van der Waals surface area (Å²) < 4.78 is 91.2. The van der Waals surface area contributed by atoms with Gasteiger partial charge in [0.25, 0.3) is 0 Å². The standard InChI is InChI=1S/C17H19F4NO7S/c1-11(2)14(23)29-13-7-5-12(6-8-13)22-15(24)28-10-4-3-9-16(18,19)17(20,21)30(25,26)27/h5-8H,1,3-4,9-10H2,2H3,(H,22,24)(H,25,26,27). The molecule has 1 aromatic carbocycles. The van der Waals surface area contributed by atoms with Gasteiger partial charge in [0.2, 0.25) is 0 Å². The largest absolute Gasteiger partial charge is 0.449 e. The van der Waals surface area contributed by atoms with Crippen molar-refractivity contribution in [2.24, 2.45) is 0 Å². The maximum absolute atomic E-state index is 13.3. The van der Waals surface area contributed by atoms with Crippen LogP contribution in [0.4, 0.5) is 28.0 Å². The van der Waals surface area contributed by atoms with Gasteiger partial charge in [0.1, 0.15) is 5.75 Å². The summed E-state index contributed by atoms with van der Waals surface area (Å²) in [4.78, 5) is 23.0. The van der Waals surface area contributed by atoms with E-state index >= 15 is 0 Å². The van der Waals surface area contributed by atoms with E-state index in [0.29, 0.717) is 0 Å². The number of ether oxygens (including phenoxy) is 2. The summed E-state index contributed by atoms with van der Waals surface area (Å²) in [5.41, 5.74) is 0.453. The van der Waals surface area contributed by atoms with Crippen LogP contribution in [0.3, 0.4) is 0 Å². The lowest BCUT2D eigenvalue weighted by Crippen LogP contribution is -2.46. The predicted octanol–water partition coefficient (Wildman–Crippen LogP) is 4.00. The Labute approximate surface area is 169 Å². The van der Waals surface area contributed by atoms with E-state index in [0.717, 1.165) is 0 Å². The highest BCUT2D eigenvalue weighted by atomic mass is 32.2. The van der Waals surface area contributed by atoms with Crippen molar-refractivity contribution in [2.45, 2.75) is 37.4 Å². The Hall–Kier alpha value is -2.67. The van der Waals surface area contributed by atoms with Crippen LogP contribution >= 0.6 is 0 Å². The molecule has 13 heteroatoms. The van der Waals surface area contributed by atoms with E-state index in [1.165, 1.54) is 31.2 Å². The zero-order chi connectivity index (χ0) is 23.2. The van der Waals surface area contributed by atoms with Gasteiger partial charge in [0, 0.05) is 17.7 Å². The normalized spacial score (nSPS) is 12.2. The second-order valence-electron chi connectivity index (χ2n) is 6.11. The number of esters is 1. The van der Waals surface area contributed by atoms with E-state index < -0.39 is 52.8 Å². The zero-order valence-electron chi connectivity index (χ0n) is 15.7. The Balaban J connectivity index is 2.41. The van der Waals surface area contributed by atoms with Crippen LogP contribution in [-0.4, -0.2) is 42.8 Å². The van der Waals surface area contributed by atoms with Gasteiger partial charge in [-0.15, -0.1) is 0 Å². The van der Waals surface area contributed by atoms with Gasteiger partial charge in [0.05, 0.1) is 6.61 Å². The number of halogens is 4. The van der Waals surface area contributed by atoms with Crippen LogP contribution in [-0.2, 0) is 19.6 Å². The second-order valence-corrected chi connectivity index (χ2v) is 7.57. The number of unbranched alkanes of at least 4 members (excludes halogenated alkanes) is 1. The third kappa shape index (κ3) is 6.99. The summed E-state index contributed by atoms with van der Waals surface area (Å²) in [5, 5.41) is -3.33. The molecule has 0 aromatic heterocycles. The van der Waals surface area contributed by atoms with Crippen LogP contribution in [0.5, 0.6) is 5.75 Å². The van der Waals surface area contributed by atoms with Gasteiger partial charge in [-0.3, -0.25) is 9.87 Å². The van der Waals surface area contributed by atoms with Crippen LogP contribution in [0.1, 0.15) is 26.2 Å². The van der Waals surface area contributed by atoms with E-state index in [9.17, 15) is 35.6 Å². The van der Waals surface area contributed by atoms with Crippen LogP contribution in [0.15, 0.2) is 36.4 Å². The minimum absolute atomic E-state index is 0.195. The molecular weight excluding hydrogens is 438 g/mol. The first-order valence-electron chi connectivity index (χ1n) is 8.31. The van der Waals surface area contributed by atoms with Crippen molar-refractivity contribution in [1.29, 1.82) is 0 Å². The van der Waals surface area contributed by atoms with Gasteiger partial charge in [-0.25, -0.2) is 9.59 Å². The molecule has 0 unspecified atom stereocenters. The number of rotatable bonds is 10. The van der Waals surface area contributed by atoms with E-state index in [1.807, 2.05) is 0 Å². The molecule has 1 rings (SSSR count). The minimum Gasteiger partial charge on any atom is -0.449 e. The molecule has 0 bridgehead atoms. The van der Waals surface area contributed by atoms with Crippen molar-refractivity contribution < 1.29 is 49.6 Å². The Morgan fingerprint density at radius 3 is 2.20 bits per heavy atom. The predicted molar refractivity (Wildman–Crippen MR) is 97.2 cm³/mol. The van der Waals surface area contributed by atoms with Crippen LogP contribution in [0.25, 0.3) is 0 Å². The third-order valence-corrected chi connectivity index (χ3v) is 4.47. The molecule has 1 amide bonds. The summed E-state index contributed by atoms with van der Waals surface area (Å²) in [7, 11) is -6.28. The van der Waals surface area contributed by atoms with Gasteiger partial charge >= 0.3 is 33.4 Å². The average Bonchev–Trinajstić information content (AvgIpc) is 2.61. The molecule has 8 nitrogen and oxygen atoms in total. The maximum atomic E-state index is 13.3. The molecular formula is C17H19F4NO7S. The van der Waals surface area contributed by atoms with Crippen LogP contribution in [0.2, 0.25) is 0 Å². The van der Waals surface area contributed by atoms with Crippen molar-refractivity contribution in [3.8, 4) is 5.75 Å². The van der Waals surface area contributed by atoms with E-state index in [2.05, 4.69) is 11.9 Å². The Morgan fingerprint density at radius 1 is 1.13 bits per heavy atom. The number of nitrogens with one attached hydrogen (secondary N) is 1. The fourth-order valence-corrected chi connectivity index (χ4v) is 2.38. The summed E-state index contributed by atoms with van der Waals surface area (Å²) >= 11 is 0. The molecule has 1 aromatic rings. The monoisotopic (exact) mass is 457 g/mol.